The zero-order chi connectivity index (χ0) is 11.5. The molecule has 0 amide bonds. The Morgan fingerprint density at radius 1 is 1.56 bits per heavy atom. The van der Waals surface area contributed by atoms with Crippen LogP contribution in [0.5, 0.6) is 0 Å². The van der Waals surface area contributed by atoms with Crippen molar-refractivity contribution in [3.63, 3.8) is 0 Å². The second kappa shape index (κ2) is 4.42. The van der Waals surface area contributed by atoms with E-state index in [9.17, 15) is 4.79 Å². The lowest BCUT2D eigenvalue weighted by Crippen LogP contribution is -2.22. The number of aryl methyl sites for hydroxylation is 1. The van der Waals surface area contributed by atoms with Gasteiger partial charge in [0.15, 0.2) is 5.13 Å². The SMILES string of the molecule is Cc1cnn(Cc2cnc(NN)s2)c(=O)c1. The molecular formula is C9H11N5OS. The van der Waals surface area contributed by atoms with Gasteiger partial charge < -0.3 is 0 Å². The first-order valence-corrected chi connectivity index (χ1v) is 5.46. The molecule has 2 aromatic heterocycles. The van der Waals surface area contributed by atoms with Crippen molar-refractivity contribution in [1.82, 2.24) is 14.8 Å². The number of thiazole rings is 1. The van der Waals surface area contributed by atoms with Gasteiger partial charge in [-0.25, -0.2) is 15.5 Å². The first kappa shape index (κ1) is 10.8. The third-order valence-electron chi connectivity index (χ3n) is 1.99. The van der Waals surface area contributed by atoms with Crippen LogP contribution in [0, 0.1) is 6.92 Å². The van der Waals surface area contributed by atoms with E-state index in [-0.39, 0.29) is 5.56 Å². The van der Waals surface area contributed by atoms with Crippen LogP contribution in [-0.4, -0.2) is 14.8 Å². The van der Waals surface area contributed by atoms with E-state index in [0.717, 1.165) is 10.4 Å². The number of hydrogen-bond donors (Lipinski definition) is 2. The molecule has 0 fully saturated rings. The lowest BCUT2D eigenvalue weighted by atomic mass is 10.3. The Morgan fingerprint density at radius 2 is 2.38 bits per heavy atom. The van der Waals surface area contributed by atoms with Crippen LogP contribution >= 0.6 is 11.3 Å². The van der Waals surface area contributed by atoms with Gasteiger partial charge in [-0.2, -0.15) is 5.10 Å². The number of hydrazine groups is 1. The maximum atomic E-state index is 11.6. The van der Waals surface area contributed by atoms with E-state index in [1.165, 1.54) is 16.0 Å². The van der Waals surface area contributed by atoms with E-state index < -0.39 is 0 Å². The molecule has 0 aliphatic carbocycles. The molecule has 0 saturated carbocycles. The summed E-state index contributed by atoms with van der Waals surface area (Å²) in [6.07, 6.45) is 3.33. The molecule has 0 bridgehead atoms. The highest BCUT2D eigenvalue weighted by molar-refractivity contribution is 7.15. The van der Waals surface area contributed by atoms with Crippen LogP contribution in [0.2, 0.25) is 0 Å². The van der Waals surface area contributed by atoms with Crippen molar-refractivity contribution in [3.05, 3.63) is 39.3 Å². The van der Waals surface area contributed by atoms with Crippen LogP contribution in [0.25, 0.3) is 0 Å². The van der Waals surface area contributed by atoms with Gasteiger partial charge in [-0.15, -0.1) is 0 Å². The van der Waals surface area contributed by atoms with Crippen LogP contribution in [0.4, 0.5) is 5.13 Å². The minimum Gasteiger partial charge on any atom is -0.300 e. The summed E-state index contributed by atoms with van der Waals surface area (Å²) in [6.45, 7) is 2.25. The molecule has 84 valence electrons. The van der Waals surface area contributed by atoms with Crippen LogP contribution in [-0.2, 0) is 6.54 Å². The average molecular weight is 237 g/mol. The molecule has 6 nitrogen and oxygen atoms in total. The van der Waals surface area contributed by atoms with E-state index in [0.29, 0.717) is 11.7 Å². The van der Waals surface area contributed by atoms with Gasteiger partial charge in [0.1, 0.15) is 0 Å². The molecule has 0 atom stereocenters. The maximum absolute atomic E-state index is 11.6. The molecule has 2 rings (SSSR count). The minimum absolute atomic E-state index is 0.115. The van der Waals surface area contributed by atoms with Crippen molar-refractivity contribution < 1.29 is 0 Å². The van der Waals surface area contributed by atoms with Crippen LogP contribution in [0.1, 0.15) is 10.4 Å². The molecule has 0 aliphatic rings. The fraction of sp³-hybridized carbons (Fsp3) is 0.222. The lowest BCUT2D eigenvalue weighted by Gasteiger charge is -2.01. The molecule has 0 spiro atoms. The zero-order valence-electron chi connectivity index (χ0n) is 8.67. The predicted octanol–water partition coefficient (Wildman–Crippen LogP) is 0.342. The summed E-state index contributed by atoms with van der Waals surface area (Å²) in [5, 5.41) is 4.66. The van der Waals surface area contributed by atoms with Crippen molar-refractivity contribution in [3.8, 4) is 0 Å². The largest absolute Gasteiger partial charge is 0.300 e. The summed E-state index contributed by atoms with van der Waals surface area (Å²) in [4.78, 5) is 16.5. The van der Waals surface area contributed by atoms with Gasteiger partial charge in [0.05, 0.1) is 12.7 Å². The van der Waals surface area contributed by atoms with Gasteiger partial charge in [0.25, 0.3) is 5.56 Å². The number of nitrogens with zero attached hydrogens (tertiary/aromatic N) is 3. The number of aromatic nitrogens is 3. The topological polar surface area (TPSA) is 85.8 Å². The van der Waals surface area contributed by atoms with Crippen LogP contribution in [0.15, 0.2) is 23.3 Å². The van der Waals surface area contributed by atoms with Crippen LogP contribution in [0.3, 0.4) is 0 Å². The first-order valence-electron chi connectivity index (χ1n) is 4.64. The maximum Gasteiger partial charge on any atom is 0.267 e. The average Bonchev–Trinajstić information content (AvgIpc) is 2.70. The van der Waals surface area contributed by atoms with E-state index in [1.807, 2.05) is 6.92 Å². The summed E-state index contributed by atoms with van der Waals surface area (Å²) in [6, 6.07) is 1.55. The summed E-state index contributed by atoms with van der Waals surface area (Å²) < 4.78 is 1.39. The minimum atomic E-state index is -0.115. The molecule has 3 N–H and O–H groups in total. The van der Waals surface area contributed by atoms with Crippen molar-refractivity contribution >= 4 is 16.5 Å². The van der Waals surface area contributed by atoms with Gasteiger partial charge in [0, 0.05) is 17.1 Å². The van der Waals surface area contributed by atoms with Crippen molar-refractivity contribution in [2.75, 3.05) is 5.43 Å². The normalized spacial score (nSPS) is 10.4. The lowest BCUT2D eigenvalue weighted by molar-refractivity contribution is 0.641. The zero-order valence-corrected chi connectivity index (χ0v) is 9.49. The standard InChI is InChI=1S/C9H11N5OS/c1-6-2-8(15)14(12-3-6)5-7-4-11-9(13-10)16-7/h2-4H,5,10H2,1H3,(H,11,13). The summed E-state index contributed by atoms with van der Waals surface area (Å²) in [5.41, 5.74) is 3.20. The van der Waals surface area contributed by atoms with Crippen LogP contribution < -0.4 is 16.8 Å². The molecule has 0 aliphatic heterocycles. The van der Waals surface area contributed by atoms with Crippen molar-refractivity contribution in [2.24, 2.45) is 5.84 Å². The predicted molar refractivity (Wildman–Crippen MR) is 62.3 cm³/mol. The Kier molecular flexibility index (Phi) is 2.97. The molecule has 0 unspecified atom stereocenters. The Balaban J connectivity index is 2.23. The van der Waals surface area contributed by atoms with Crippen molar-refractivity contribution in [2.45, 2.75) is 13.5 Å². The number of anilines is 1. The van der Waals surface area contributed by atoms with E-state index in [1.54, 1.807) is 18.5 Å². The third-order valence-corrected chi connectivity index (χ3v) is 2.90. The molecule has 0 saturated heterocycles. The molecule has 2 heterocycles. The summed E-state index contributed by atoms with van der Waals surface area (Å²) in [7, 11) is 0. The van der Waals surface area contributed by atoms with Gasteiger partial charge >= 0.3 is 0 Å². The molecule has 0 radical (unpaired) electrons. The number of hydrogen-bond acceptors (Lipinski definition) is 6. The molecule has 7 heteroatoms. The van der Waals surface area contributed by atoms with E-state index in [2.05, 4.69) is 15.5 Å². The monoisotopic (exact) mass is 237 g/mol. The molecular weight excluding hydrogens is 226 g/mol. The number of nitrogens with one attached hydrogen (secondary N) is 1. The van der Waals surface area contributed by atoms with E-state index in [4.69, 9.17) is 5.84 Å². The number of rotatable bonds is 3. The quantitative estimate of drug-likeness (QED) is 0.594. The van der Waals surface area contributed by atoms with E-state index >= 15 is 0 Å². The summed E-state index contributed by atoms with van der Waals surface area (Å²) >= 11 is 1.39. The Morgan fingerprint density at radius 3 is 3.00 bits per heavy atom. The number of nitrogens with two attached hydrogens (primary N) is 1. The molecule has 0 aromatic carbocycles. The van der Waals surface area contributed by atoms with Crippen molar-refractivity contribution in [1.29, 1.82) is 0 Å². The molecule has 16 heavy (non-hydrogen) atoms. The fourth-order valence-electron chi connectivity index (χ4n) is 1.24. The highest BCUT2D eigenvalue weighted by atomic mass is 32.1. The molecule has 2 aromatic rings. The Hall–Kier alpha value is -1.73. The van der Waals surface area contributed by atoms with Gasteiger partial charge in [-0.3, -0.25) is 10.2 Å². The highest BCUT2D eigenvalue weighted by Crippen LogP contribution is 2.16. The second-order valence-corrected chi connectivity index (χ2v) is 4.42. The Bertz CT molecular complexity index is 547. The third kappa shape index (κ3) is 2.26. The van der Waals surface area contributed by atoms with Gasteiger partial charge in [-0.05, 0) is 12.5 Å². The van der Waals surface area contributed by atoms with Gasteiger partial charge in [-0.1, -0.05) is 11.3 Å². The Labute approximate surface area is 95.7 Å². The summed E-state index contributed by atoms with van der Waals surface area (Å²) in [5.74, 6) is 5.22. The number of nitrogen functional groups attached to an aromatic ring is 1. The van der Waals surface area contributed by atoms with Gasteiger partial charge in [0.2, 0.25) is 0 Å². The smallest absolute Gasteiger partial charge is 0.267 e. The highest BCUT2D eigenvalue weighted by Gasteiger charge is 2.03. The second-order valence-electron chi connectivity index (χ2n) is 3.30. The first-order chi connectivity index (χ1) is 7.69. The fourth-order valence-corrected chi connectivity index (χ4v) is 1.94.